The van der Waals surface area contributed by atoms with Gasteiger partial charge in [-0.25, -0.2) is 4.98 Å². The molecule has 0 aliphatic rings. The van der Waals surface area contributed by atoms with Crippen molar-refractivity contribution in [1.29, 1.82) is 0 Å². The number of hydrogen-bond donors (Lipinski definition) is 1. The standard InChI is InChI=1S/C14H17N5O3/c1-3-18(9-10-4-6-11(22-2)7-5-10)14-16-8-12(19(20)21)13(15)17-14/h4-8H,3,9H2,1-2H3,(H2,15,16,17). The molecule has 2 N–H and O–H groups in total. The van der Waals surface area contributed by atoms with Gasteiger partial charge in [0, 0.05) is 13.1 Å². The van der Waals surface area contributed by atoms with Crippen LogP contribution in [0.4, 0.5) is 17.5 Å². The lowest BCUT2D eigenvalue weighted by Gasteiger charge is -2.20. The van der Waals surface area contributed by atoms with Crippen LogP contribution in [-0.2, 0) is 6.54 Å². The Hall–Kier alpha value is -2.90. The van der Waals surface area contributed by atoms with E-state index in [2.05, 4.69) is 9.97 Å². The van der Waals surface area contributed by atoms with E-state index < -0.39 is 4.92 Å². The molecule has 0 saturated carbocycles. The Morgan fingerprint density at radius 1 is 1.36 bits per heavy atom. The maximum atomic E-state index is 10.7. The lowest BCUT2D eigenvalue weighted by Crippen LogP contribution is -2.24. The highest BCUT2D eigenvalue weighted by Gasteiger charge is 2.17. The van der Waals surface area contributed by atoms with Crippen LogP contribution in [0.3, 0.4) is 0 Å². The van der Waals surface area contributed by atoms with Crippen LogP contribution in [0.25, 0.3) is 0 Å². The van der Waals surface area contributed by atoms with E-state index >= 15 is 0 Å². The van der Waals surface area contributed by atoms with E-state index in [1.807, 2.05) is 36.1 Å². The number of nitrogens with zero attached hydrogens (tertiary/aromatic N) is 4. The summed E-state index contributed by atoms with van der Waals surface area (Å²) >= 11 is 0. The summed E-state index contributed by atoms with van der Waals surface area (Å²) in [6.07, 6.45) is 1.13. The molecule has 0 bridgehead atoms. The molecule has 2 rings (SSSR count). The van der Waals surface area contributed by atoms with Gasteiger partial charge >= 0.3 is 5.69 Å². The summed E-state index contributed by atoms with van der Waals surface area (Å²) < 4.78 is 5.12. The number of ether oxygens (including phenoxy) is 1. The topological polar surface area (TPSA) is 107 Å². The summed E-state index contributed by atoms with van der Waals surface area (Å²) in [5, 5.41) is 10.7. The Balaban J connectivity index is 2.20. The molecular weight excluding hydrogens is 286 g/mol. The molecular formula is C14H17N5O3. The Bertz CT molecular complexity index is 660. The van der Waals surface area contributed by atoms with E-state index in [0.717, 1.165) is 17.5 Å². The predicted molar refractivity (Wildman–Crippen MR) is 82.8 cm³/mol. The highest BCUT2D eigenvalue weighted by Crippen LogP contribution is 2.21. The van der Waals surface area contributed by atoms with Gasteiger partial charge in [-0.15, -0.1) is 0 Å². The molecule has 0 aliphatic carbocycles. The van der Waals surface area contributed by atoms with Crippen LogP contribution in [0.15, 0.2) is 30.5 Å². The number of nitro groups is 1. The molecule has 1 aromatic carbocycles. The zero-order chi connectivity index (χ0) is 16.1. The summed E-state index contributed by atoms with van der Waals surface area (Å²) in [6.45, 7) is 3.16. The van der Waals surface area contributed by atoms with Crippen LogP contribution < -0.4 is 15.4 Å². The quantitative estimate of drug-likeness (QED) is 0.642. The monoisotopic (exact) mass is 303 g/mol. The zero-order valence-electron chi connectivity index (χ0n) is 12.4. The van der Waals surface area contributed by atoms with Gasteiger partial charge in [0.05, 0.1) is 12.0 Å². The summed E-state index contributed by atoms with van der Waals surface area (Å²) in [5.41, 5.74) is 6.37. The zero-order valence-corrected chi connectivity index (χ0v) is 12.4. The molecule has 22 heavy (non-hydrogen) atoms. The molecule has 8 heteroatoms. The van der Waals surface area contributed by atoms with Crippen LogP contribution in [0.2, 0.25) is 0 Å². The Kier molecular flexibility index (Phi) is 4.72. The maximum Gasteiger partial charge on any atom is 0.329 e. The molecule has 0 atom stereocenters. The van der Waals surface area contributed by atoms with Gasteiger partial charge in [0.2, 0.25) is 11.8 Å². The van der Waals surface area contributed by atoms with E-state index in [1.54, 1.807) is 7.11 Å². The Morgan fingerprint density at radius 2 is 2.05 bits per heavy atom. The van der Waals surface area contributed by atoms with Gasteiger partial charge < -0.3 is 15.4 Å². The summed E-state index contributed by atoms with van der Waals surface area (Å²) in [5.74, 6) is 1.01. The van der Waals surface area contributed by atoms with Gasteiger partial charge in [0.1, 0.15) is 11.9 Å². The lowest BCUT2D eigenvalue weighted by atomic mass is 10.2. The van der Waals surface area contributed by atoms with Crippen molar-refractivity contribution in [2.24, 2.45) is 0 Å². The third kappa shape index (κ3) is 3.40. The molecule has 2 aromatic rings. The maximum absolute atomic E-state index is 10.7. The van der Waals surface area contributed by atoms with E-state index in [1.165, 1.54) is 0 Å². The van der Waals surface area contributed by atoms with Crippen molar-refractivity contribution in [3.05, 3.63) is 46.1 Å². The second-order valence-electron chi connectivity index (χ2n) is 4.56. The second-order valence-corrected chi connectivity index (χ2v) is 4.56. The number of aromatic nitrogens is 2. The number of nitrogens with two attached hydrogens (primary N) is 1. The van der Waals surface area contributed by atoms with E-state index in [-0.39, 0.29) is 11.5 Å². The lowest BCUT2D eigenvalue weighted by molar-refractivity contribution is -0.384. The van der Waals surface area contributed by atoms with Gasteiger partial charge in [-0.3, -0.25) is 10.1 Å². The van der Waals surface area contributed by atoms with Crippen molar-refractivity contribution in [3.8, 4) is 5.75 Å². The van der Waals surface area contributed by atoms with Crippen LogP contribution >= 0.6 is 0 Å². The SMILES string of the molecule is CCN(Cc1ccc(OC)cc1)c1ncc([N+](=O)[O-])c(N)n1. The Morgan fingerprint density at radius 3 is 2.55 bits per heavy atom. The number of anilines is 2. The molecule has 0 spiro atoms. The first-order valence-electron chi connectivity index (χ1n) is 6.70. The number of rotatable bonds is 6. The van der Waals surface area contributed by atoms with Crippen molar-refractivity contribution in [2.75, 3.05) is 24.3 Å². The Labute approximate surface area is 127 Å². The number of benzene rings is 1. The molecule has 8 nitrogen and oxygen atoms in total. The van der Waals surface area contributed by atoms with Crippen molar-refractivity contribution in [1.82, 2.24) is 9.97 Å². The van der Waals surface area contributed by atoms with E-state index in [4.69, 9.17) is 10.5 Å². The molecule has 0 unspecified atom stereocenters. The third-order valence-electron chi connectivity index (χ3n) is 3.18. The molecule has 0 radical (unpaired) electrons. The third-order valence-corrected chi connectivity index (χ3v) is 3.18. The molecule has 0 fully saturated rings. The first kappa shape index (κ1) is 15.5. The van der Waals surface area contributed by atoms with Gasteiger partial charge in [-0.05, 0) is 24.6 Å². The fourth-order valence-corrected chi connectivity index (χ4v) is 1.95. The first-order valence-corrected chi connectivity index (χ1v) is 6.70. The highest BCUT2D eigenvalue weighted by molar-refractivity contribution is 5.53. The van der Waals surface area contributed by atoms with Gasteiger partial charge in [-0.1, -0.05) is 12.1 Å². The summed E-state index contributed by atoms with van der Waals surface area (Å²) in [4.78, 5) is 20.1. The van der Waals surface area contributed by atoms with Crippen molar-refractivity contribution < 1.29 is 9.66 Å². The predicted octanol–water partition coefficient (Wildman–Crippen LogP) is 2.00. The summed E-state index contributed by atoms with van der Waals surface area (Å²) in [7, 11) is 1.61. The van der Waals surface area contributed by atoms with Gasteiger partial charge in [0.15, 0.2) is 0 Å². The fraction of sp³-hybridized carbons (Fsp3) is 0.286. The fourth-order valence-electron chi connectivity index (χ4n) is 1.95. The van der Waals surface area contributed by atoms with Crippen LogP contribution in [0.1, 0.15) is 12.5 Å². The smallest absolute Gasteiger partial charge is 0.329 e. The first-order chi connectivity index (χ1) is 10.5. The number of methoxy groups -OCH3 is 1. The van der Waals surface area contributed by atoms with E-state index in [9.17, 15) is 10.1 Å². The van der Waals surface area contributed by atoms with Crippen LogP contribution in [0, 0.1) is 10.1 Å². The molecule has 1 aromatic heterocycles. The number of nitrogen functional groups attached to an aromatic ring is 1. The minimum atomic E-state index is -0.598. The van der Waals surface area contributed by atoms with E-state index in [0.29, 0.717) is 19.0 Å². The molecule has 0 saturated heterocycles. The van der Waals surface area contributed by atoms with Crippen molar-refractivity contribution >= 4 is 17.5 Å². The van der Waals surface area contributed by atoms with Gasteiger partial charge in [0.25, 0.3) is 0 Å². The minimum Gasteiger partial charge on any atom is -0.497 e. The highest BCUT2D eigenvalue weighted by atomic mass is 16.6. The molecule has 0 amide bonds. The van der Waals surface area contributed by atoms with Gasteiger partial charge in [-0.2, -0.15) is 4.98 Å². The van der Waals surface area contributed by atoms with Crippen LogP contribution in [-0.4, -0.2) is 28.5 Å². The summed E-state index contributed by atoms with van der Waals surface area (Å²) in [6, 6.07) is 7.62. The average molecular weight is 303 g/mol. The molecule has 116 valence electrons. The van der Waals surface area contributed by atoms with Crippen molar-refractivity contribution in [2.45, 2.75) is 13.5 Å². The largest absolute Gasteiger partial charge is 0.497 e. The minimum absolute atomic E-state index is 0.136. The second kappa shape index (κ2) is 6.70. The van der Waals surface area contributed by atoms with Crippen LogP contribution in [0.5, 0.6) is 5.75 Å². The average Bonchev–Trinajstić information content (AvgIpc) is 2.52. The normalized spacial score (nSPS) is 10.3. The molecule has 1 heterocycles. The number of hydrogen-bond acceptors (Lipinski definition) is 7. The van der Waals surface area contributed by atoms with Crippen molar-refractivity contribution in [3.63, 3.8) is 0 Å². The molecule has 0 aliphatic heterocycles.